The van der Waals surface area contributed by atoms with Crippen molar-refractivity contribution in [2.45, 2.75) is 67.7 Å². The van der Waals surface area contributed by atoms with Crippen molar-refractivity contribution in [3.05, 3.63) is 23.8 Å². The molecule has 1 rings (SSSR count). The van der Waals surface area contributed by atoms with E-state index in [4.69, 9.17) is 5.73 Å². The second-order valence-corrected chi connectivity index (χ2v) is 3.39. The van der Waals surface area contributed by atoms with E-state index in [9.17, 15) is 0 Å². The molecular formula is C16H35N. The Kier molecular flexibility index (Phi) is 22.7. The molecule has 1 heteroatoms. The molecule has 1 aliphatic carbocycles. The largest absolute Gasteiger partial charge is 0.327 e. The lowest BCUT2D eigenvalue weighted by atomic mass is 9.85. The molecule has 1 atom stereocenters. The van der Waals surface area contributed by atoms with Gasteiger partial charge in [-0.15, -0.1) is 0 Å². The normalized spacial score (nSPS) is 17.5. The first-order valence-corrected chi connectivity index (χ1v) is 7.31. The van der Waals surface area contributed by atoms with Crippen LogP contribution in [0.3, 0.4) is 0 Å². The first-order valence-electron chi connectivity index (χ1n) is 7.31. The van der Waals surface area contributed by atoms with E-state index in [0.29, 0.717) is 6.54 Å². The average Bonchev–Trinajstić information content (AvgIpc) is 2.45. The molecular weight excluding hydrogens is 206 g/mol. The maximum Gasteiger partial charge on any atom is 0.0142 e. The highest BCUT2D eigenvalue weighted by atomic mass is 14.5. The molecule has 0 saturated heterocycles. The lowest BCUT2D eigenvalue weighted by molar-refractivity contribution is 0.499. The van der Waals surface area contributed by atoms with Gasteiger partial charge in [-0.3, -0.25) is 0 Å². The van der Waals surface area contributed by atoms with Gasteiger partial charge < -0.3 is 5.73 Å². The van der Waals surface area contributed by atoms with Gasteiger partial charge in [0.1, 0.15) is 0 Å². The van der Waals surface area contributed by atoms with Crippen LogP contribution in [0.5, 0.6) is 0 Å². The summed E-state index contributed by atoms with van der Waals surface area (Å²) in [6, 6.07) is 0. The van der Waals surface area contributed by atoms with Crippen molar-refractivity contribution in [3.63, 3.8) is 0 Å². The van der Waals surface area contributed by atoms with Crippen LogP contribution in [-0.2, 0) is 0 Å². The highest BCUT2D eigenvalue weighted by molar-refractivity contribution is 5.27. The summed E-state index contributed by atoms with van der Waals surface area (Å²) in [6.07, 6.45) is 5.62. The Balaban J connectivity index is -0.000000285. The fraction of sp³-hybridized carbons (Fsp3) is 0.750. The molecule has 0 aliphatic heterocycles. The van der Waals surface area contributed by atoms with Gasteiger partial charge in [0.05, 0.1) is 0 Å². The molecule has 2 N–H and O–H groups in total. The predicted molar refractivity (Wildman–Crippen MR) is 83.3 cm³/mol. The number of allylic oxidation sites excluding steroid dienone is 2. The molecule has 1 nitrogen and oxygen atoms in total. The van der Waals surface area contributed by atoms with Gasteiger partial charge in [-0.05, 0) is 30.8 Å². The summed E-state index contributed by atoms with van der Waals surface area (Å²) in [5.41, 5.74) is 8.42. The molecule has 0 saturated carbocycles. The predicted octanol–water partition coefficient (Wildman–Crippen LogP) is 5.33. The summed E-state index contributed by atoms with van der Waals surface area (Å²) in [5.74, 6) is 0.818. The molecule has 1 unspecified atom stereocenters. The Bertz CT molecular complexity index is 180. The maximum atomic E-state index is 5.61. The van der Waals surface area contributed by atoms with E-state index in [0.717, 1.165) is 5.92 Å². The van der Waals surface area contributed by atoms with Crippen molar-refractivity contribution in [3.8, 4) is 0 Å². The summed E-state index contributed by atoms with van der Waals surface area (Å²) in [4.78, 5) is 0. The number of hydrogen-bond donors (Lipinski definition) is 1. The summed E-state index contributed by atoms with van der Waals surface area (Å²) >= 11 is 0. The van der Waals surface area contributed by atoms with Crippen LogP contribution in [0.25, 0.3) is 0 Å². The van der Waals surface area contributed by atoms with Gasteiger partial charge in [0.25, 0.3) is 0 Å². The van der Waals surface area contributed by atoms with Crippen LogP contribution in [-0.4, -0.2) is 6.54 Å². The third-order valence-electron chi connectivity index (χ3n) is 2.45. The second kappa shape index (κ2) is 17.8. The summed E-state index contributed by atoms with van der Waals surface area (Å²) in [5, 5.41) is 0. The molecule has 0 aromatic rings. The highest BCUT2D eigenvalue weighted by Gasteiger charge is 2.14. The van der Waals surface area contributed by atoms with Crippen LogP contribution >= 0.6 is 0 Å². The lowest BCUT2D eigenvalue weighted by Gasteiger charge is -2.22. The molecule has 0 amide bonds. The molecule has 104 valence electrons. The van der Waals surface area contributed by atoms with E-state index in [2.05, 4.69) is 13.5 Å². The fourth-order valence-electron chi connectivity index (χ4n) is 1.66. The highest BCUT2D eigenvalue weighted by Crippen LogP contribution is 2.28. The van der Waals surface area contributed by atoms with Crippen LogP contribution in [0, 0.1) is 5.92 Å². The van der Waals surface area contributed by atoms with Gasteiger partial charge in [-0.1, -0.05) is 66.7 Å². The van der Waals surface area contributed by atoms with Gasteiger partial charge in [0.15, 0.2) is 0 Å². The molecule has 0 aromatic carbocycles. The molecule has 17 heavy (non-hydrogen) atoms. The Morgan fingerprint density at radius 3 is 2.00 bits per heavy atom. The van der Waals surface area contributed by atoms with E-state index in [-0.39, 0.29) is 0 Å². The van der Waals surface area contributed by atoms with Crippen LogP contribution in [0.1, 0.15) is 67.7 Å². The Hall–Kier alpha value is -0.560. The number of rotatable bonds is 2. The smallest absolute Gasteiger partial charge is 0.0142 e. The Morgan fingerprint density at radius 2 is 1.65 bits per heavy atom. The van der Waals surface area contributed by atoms with Crippen molar-refractivity contribution < 1.29 is 0 Å². The van der Waals surface area contributed by atoms with Crippen molar-refractivity contribution in [2.24, 2.45) is 11.7 Å². The van der Waals surface area contributed by atoms with Gasteiger partial charge in [0.2, 0.25) is 0 Å². The minimum absolute atomic E-state index is 0.716. The van der Waals surface area contributed by atoms with Crippen molar-refractivity contribution in [1.29, 1.82) is 0 Å². The van der Waals surface area contributed by atoms with E-state index in [1.807, 2.05) is 47.6 Å². The van der Waals surface area contributed by atoms with E-state index in [1.54, 1.807) is 0 Å². The standard InChI is InChI=1S/C10H17N.3C2H6/c1-3-9-6-8(2)4-5-10(9)7-11;3*1-2/h3,8H,1,4-7,11H2,2H3;3*1-2H3. The van der Waals surface area contributed by atoms with Crippen molar-refractivity contribution >= 4 is 0 Å². The monoisotopic (exact) mass is 241 g/mol. The van der Waals surface area contributed by atoms with Crippen LogP contribution in [0.2, 0.25) is 0 Å². The van der Waals surface area contributed by atoms with Crippen LogP contribution < -0.4 is 5.73 Å². The minimum Gasteiger partial charge on any atom is -0.327 e. The van der Waals surface area contributed by atoms with Gasteiger partial charge in [-0.25, -0.2) is 0 Å². The first kappa shape index (κ1) is 21.7. The molecule has 0 aromatic heterocycles. The lowest BCUT2D eigenvalue weighted by Crippen LogP contribution is -2.13. The fourth-order valence-corrected chi connectivity index (χ4v) is 1.66. The van der Waals surface area contributed by atoms with Gasteiger partial charge in [-0.2, -0.15) is 0 Å². The van der Waals surface area contributed by atoms with Crippen molar-refractivity contribution in [1.82, 2.24) is 0 Å². The molecule has 1 aliphatic rings. The van der Waals surface area contributed by atoms with Gasteiger partial charge in [0, 0.05) is 6.54 Å². The minimum atomic E-state index is 0.716. The third kappa shape index (κ3) is 10.3. The zero-order valence-electron chi connectivity index (χ0n) is 13.3. The average molecular weight is 241 g/mol. The molecule has 0 fully saturated rings. The molecule has 0 spiro atoms. The topological polar surface area (TPSA) is 26.0 Å². The van der Waals surface area contributed by atoms with Crippen LogP contribution in [0.4, 0.5) is 0 Å². The van der Waals surface area contributed by atoms with Crippen LogP contribution in [0.15, 0.2) is 23.8 Å². The quantitative estimate of drug-likeness (QED) is 0.695. The zero-order valence-corrected chi connectivity index (χ0v) is 13.3. The van der Waals surface area contributed by atoms with E-state index >= 15 is 0 Å². The Labute approximate surface area is 110 Å². The summed E-state index contributed by atoms with van der Waals surface area (Å²) < 4.78 is 0. The van der Waals surface area contributed by atoms with Crippen molar-refractivity contribution in [2.75, 3.05) is 6.54 Å². The first-order chi connectivity index (χ1) is 8.27. The number of hydrogen-bond acceptors (Lipinski definition) is 1. The van der Waals surface area contributed by atoms with Gasteiger partial charge >= 0.3 is 0 Å². The second-order valence-electron chi connectivity index (χ2n) is 3.39. The molecule has 0 radical (unpaired) electrons. The summed E-state index contributed by atoms with van der Waals surface area (Å²) in [7, 11) is 0. The SMILES string of the molecule is C=CC1=C(CN)CCC(C)C1.CC.CC.CC. The van der Waals surface area contributed by atoms with E-state index in [1.165, 1.54) is 30.4 Å². The summed E-state index contributed by atoms with van der Waals surface area (Å²) in [6.45, 7) is 18.8. The third-order valence-corrected chi connectivity index (χ3v) is 2.45. The number of nitrogens with two attached hydrogens (primary N) is 1. The Morgan fingerprint density at radius 1 is 1.18 bits per heavy atom. The van der Waals surface area contributed by atoms with E-state index < -0.39 is 0 Å². The molecule has 0 heterocycles. The molecule has 0 bridgehead atoms. The zero-order chi connectivity index (χ0) is 14.3. The maximum absolute atomic E-state index is 5.61.